The highest BCUT2D eigenvalue weighted by Crippen LogP contribution is 2.21. The van der Waals surface area contributed by atoms with Gasteiger partial charge in [0.25, 0.3) is 0 Å². The van der Waals surface area contributed by atoms with Crippen molar-refractivity contribution in [2.75, 3.05) is 7.05 Å². The van der Waals surface area contributed by atoms with E-state index in [1.54, 1.807) is 7.05 Å². The number of carbonyl (C=O) groups excluding carboxylic acids is 1. The zero-order valence-electron chi connectivity index (χ0n) is 7.82. The second-order valence-electron chi connectivity index (χ2n) is 3.34. The van der Waals surface area contributed by atoms with Crippen molar-refractivity contribution in [3.8, 4) is 0 Å². The molecule has 0 radical (unpaired) electrons. The van der Waals surface area contributed by atoms with Gasteiger partial charge in [0.2, 0.25) is 5.91 Å². The molecule has 0 fully saturated rings. The Balaban J connectivity index is 3.94. The van der Waals surface area contributed by atoms with Crippen molar-refractivity contribution in [1.29, 1.82) is 0 Å². The number of carbonyl (C=O) groups is 1. The standard InChI is InChI=1S/C8H18N2O/c1-5-6-8(2,3)7(11)10-9-4/h9H,5-6H2,1-4H3,(H,10,11). The highest BCUT2D eigenvalue weighted by Gasteiger charge is 2.25. The maximum absolute atomic E-state index is 11.3. The molecule has 3 heteroatoms. The Labute approximate surface area is 68.5 Å². The van der Waals surface area contributed by atoms with Crippen molar-refractivity contribution in [1.82, 2.24) is 10.9 Å². The molecule has 0 aliphatic carbocycles. The monoisotopic (exact) mass is 158 g/mol. The van der Waals surface area contributed by atoms with E-state index in [1.807, 2.05) is 13.8 Å². The molecule has 2 N–H and O–H groups in total. The second kappa shape index (κ2) is 4.34. The molecule has 0 aromatic heterocycles. The summed E-state index contributed by atoms with van der Waals surface area (Å²) in [6, 6.07) is 0. The van der Waals surface area contributed by atoms with Gasteiger partial charge in [0.1, 0.15) is 0 Å². The molecule has 66 valence electrons. The van der Waals surface area contributed by atoms with Crippen LogP contribution in [0.15, 0.2) is 0 Å². The van der Waals surface area contributed by atoms with Gasteiger partial charge in [-0.25, -0.2) is 5.43 Å². The summed E-state index contributed by atoms with van der Waals surface area (Å²) in [5.74, 6) is 0.0573. The van der Waals surface area contributed by atoms with Gasteiger partial charge in [-0.1, -0.05) is 27.2 Å². The van der Waals surface area contributed by atoms with Crippen molar-refractivity contribution >= 4 is 5.91 Å². The molecule has 11 heavy (non-hydrogen) atoms. The molecule has 0 unspecified atom stereocenters. The lowest BCUT2D eigenvalue weighted by molar-refractivity contribution is -0.130. The quantitative estimate of drug-likeness (QED) is 0.601. The molecule has 0 rings (SSSR count). The lowest BCUT2D eigenvalue weighted by Gasteiger charge is -2.22. The van der Waals surface area contributed by atoms with Gasteiger partial charge in [0, 0.05) is 12.5 Å². The van der Waals surface area contributed by atoms with Crippen molar-refractivity contribution in [3.05, 3.63) is 0 Å². The van der Waals surface area contributed by atoms with Crippen molar-refractivity contribution < 1.29 is 4.79 Å². The van der Waals surface area contributed by atoms with Crippen LogP contribution in [0.1, 0.15) is 33.6 Å². The number of nitrogens with one attached hydrogen (secondary N) is 2. The normalized spacial score (nSPS) is 11.3. The Bertz CT molecular complexity index is 132. The Morgan fingerprint density at radius 3 is 2.36 bits per heavy atom. The van der Waals surface area contributed by atoms with E-state index in [9.17, 15) is 4.79 Å². The van der Waals surface area contributed by atoms with Gasteiger partial charge in [-0.2, -0.15) is 0 Å². The number of hydrogen-bond donors (Lipinski definition) is 2. The van der Waals surface area contributed by atoms with Crippen LogP contribution in [0, 0.1) is 5.41 Å². The van der Waals surface area contributed by atoms with Crippen LogP contribution in [0.25, 0.3) is 0 Å². The van der Waals surface area contributed by atoms with Crippen LogP contribution >= 0.6 is 0 Å². The first-order chi connectivity index (χ1) is 5.04. The lowest BCUT2D eigenvalue weighted by atomic mass is 9.87. The first-order valence-electron chi connectivity index (χ1n) is 4.01. The summed E-state index contributed by atoms with van der Waals surface area (Å²) >= 11 is 0. The predicted octanol–water partition coefficient (Wildman–Crippen LogP) is 1.06. The molecule has 0 saturated carbocycles. The maximum atomic E-state index is 11.3. The minimum absolute atomic E-state index is 0.0573. The molecule has 3 nitrogen and oxygen atoms in total. The topological polar surface area (TPSA) is 41.1 Å². The van der Waals surface area contributed by atoms with E-state index < -0.39 is 0 Å². The summed E-state index contributed by atoms with van der Waals surface area (Å²) in [7, 11) is 1.69. The molecule has 1 amide bonds. The largest absolute Gasteiger partial charge is 0.291 e. The summed E-state index contributed by atoms with van der Waals surface area (Å²) in [5, 5.41) is 0. The van der Waals surface area contributed by atoms with Gasteiger partial charge in [0.05, 0.1) is 0 Å². The minimum atomic E-state index is -0.252. The molecule has 0 heterocycles. The Morgan fingerprint density at radius 1 is 1.45 bits per heavy atom. The van der Waals surface area contributed by atoms with Crippen molar-refractivity contribution in [2.24, 2.45) is 5.41 Å². The minimum Gasteiger partial charge on any atom is -0.291 e. The molecular formula is C8H18N2O. The van der Waals surface area contributed by atoms with Crippen LogP contribution in [-0.4, -0.2) is 13.0 Å². The van der Waals surface area contributed by atoms with Gasteiger partial charge in [-0.05, 0) is 6.42 Å². The molecule has 0 spiro atoms. The molecule has 0 atom stereocenters. The first-order valence-corrected chi connectivity index (χ1v) is 4.01. The first kappa shape index (κ1) is 10.4. The van der Waals surface area contributed by atoms with E-state index in [1.165, 1.54) is 0 Å². The van der Waals surface area contributed by atoms with Gasteiger partial charge in [0.15, 0.2) is 0 Å². The zero-order chi connectivity index (χ0) is 8.91. The van der Waals surface area contributed by atoms with E-state index in [0.29, 0.717) is 0 Å². The number of hydrazine groups is 1. The Hall–Kier alpha value is -0.570. The average Bonchev–Trinajstić information content (AvgIpc) is 1.88. The van der Waals surface area contributed by atoms with Crippen LogP contribution in [0.3, 0.4) is 0 Å². The van der Waals surface area contributed by atoms with Gasteiger partial charge in [-0.3, -0.25) is 10.2 Å². The van der Waals surface area contributed by atoms with E-state index in [4.69, 9.17) is 0 Å². The second-order valence-corrected chi connectivity index (χ2v) is 3.34. The summed E-state index contributed by atoms with van der Waals surface area (Å²) in [6.07, 6.45) is 1.95. The van der Waals surface area contributed by atoms with E-state index in [-0.39, 0.29) is 11.3 Å². The van der Waals surface area contributed by atoms with Crippen LogP contribution in [0.5, 0.6) is 0 Å². The molecule has 0 aromatic carbocycles. The van der Waals surface area contributed by atoms with Gasteiger partial charge >= 0.3 is 0 Å². The third-order valence-electron chi connectivity index (χ3n) is 1.73. The molecule has 0 aliphatic heterocycles. The van der Waals surface area contributed by atoms with E-state index in [0.717, 1.165) is 12.8 Å². The molecule has 0 aliphatic rings. The Kier molecular flexibility index (Phi) is 4.11. The number of rotatable bonds is 4. The fraction of sp³-hybridized carbons (Fsp3) is 0.875. The maximum Gasteiger partial charge on any atom is 0.239 e. The molecule has 0 aromatic rings. The Morgan fingerprint density at radius 2 is 2.00 bits per heavy atom. The van der Waals surface area contributed by atoms with Crippen LogP contribution < -0.4 is 10.9 Å². The molecule has 0 bridgehead atoms. The highest BCUT2D eigenvalue weighted by molar-refractivity contribution is 5.81. The lowest BCUT2D eigenvalue weighted by Crippen LogP contribution is -2.43. The molecule has 0 saturated heterocycles. The summed E-state index contributed by atoms with van der Waals surface area (Å²) in [5.41, 5.74) is 4.96. The average molecular weight is 158 g/mol. The van der Waals surface area contributed by atoms with Crippen LogP contribution in [0.4, 0.5) is 0 Å². The fourth-order valence-electron chi connectivity index (χ4n) is 1.02. The number of amides is 1. The summed E-state index contributed by atoms with van der Waals surface area (Å²) < 4.78 is 0. The van der Waals surface area contributed by atoms with Crippen molar-refractivity contribution in [2.45, 2.75) is 33.6 Å². The third kappa shape index (κ3) is 3.37. The third-order valence-corrected chi connectivity index (χ3v) is 1.73. The number of hydrogen-bond acceptors (Lipinski definition) is 2. The smallest absolute Gasteiger partial charge is 0.239 e. The predicted molar refractivity (Wildman–Crippen MR) is 45.9 cm³/mol. The highest BCUT2D eigenvalue weighted by atomic mass is 16.2. The SMILES string of the molecule is CCCC(C)(C)C(=O)NNC. The van der Waals surface area contributed by atoms with Gasteiger partial charge in [-0.15, -0.1) is 0 Å². The van der Waals surface area contributed by atoms with E-state index in [2.05, 4.69) is 17.8 Å². The zero-order valence-corrected chi connectivity index (χ0v) is 7.82. The van der Waals surface area contributed by atoms with Crippen LogP contribution in [-0.2, 0) is 4.79 Å². The fourth-order valence-corrected chi connectivity index (χ4v) is 1.02. The summed E-state index contributed by atoms with van der Waals surface area (Å²) in [6.45, 7) is 5.97. The molecular weight excluding hydrogens is 140 g/mol. The van der Waals surface area contributed by atoms with Crippen LogP contribution in [0.2, 0.25) is 0 Å². The van der Waals surface area contributed by atoms with E-state index >= 15 is 0 Å². The summed E-state index contributed by atoms with van der Waals surface area (Å²) in [4.78, 5) is 11.3. The van der Waals surface area contributed by atoms with Gasteiger partial charge < -0.3 is 0 Å². The van der Waals surface area contributed by atoms with Crippen molar-refractivity contribution in [3.63, 3.8) is 0 Å².